The molecule has 0 aliphatic heterocycles. The van der Waals surface area contributed by atoms with Crippen LogP contribution in [-0.2, 0) is 4.79 Å². The summed E-state index contributed by atoms with van der Waals surface area (Å²) < 4.78 is 0. The van der Waals surface area contributed by atoms with Crippen LogP contribution >= 0.6 is 11.6 Å². The van der Waals surface area contributed by atoms with E-state index < -0.39 is 4.92 Å². The van der Waals surface area contributed by atoms with Gasteiger partial charge in [-0.25, -0.2) is 0 Å². The minimum Gasteiger partial charge on any atom is -0.320 e. The molecule has 0 saturated carbocycles. The second-order valence-corrected chi connectivity index (χ2v) is 4.00. The summed E-state index contributed by atoms with van der Waals surface area (Å²) in [5, 5.41) is 13.5. The van der Waals surface area contributed by atoms with Gasteiger partial charge in [0.15, 0.2) is 0 Å². The van der Waals surface area contributed by atoms with Gasteiger partial charge in [0.2, 0.25) is 5.91 Å². The van der Waals surface area contributed by atoms with Crippen LogP contribution in [0.2, 0.25) is 5.02 Å². The van der Waals surface area contributed by atoms with E-state index in [0.29, 0.717) is 5.02 Å². The van der Waals surface area contributed by atoms with Crippen LogP contribution in [0.4, 0.5) is 11.4 Å². The molecule has 1 aromatic carbocycles. The zero-order valence-corrected chi connectivity index (χ0v) is 9.62. The monoisotopic (exact) mass is 242 g/mol. The molecule has 1 amide bonds. The number of carbonyl (C=O) groups is 1. The third-order valence-corrected chi connectivity index (χ3v) is 2.17. The lowest BCUT2D eigenvalue weighted by Gasteiger charge is -2.08. The number of hydrogen-bond donors (Lipinski definition) is 1. The molecule has 6 heteroatoms. The fourth-order valence-electron chi connectivity index (χ4n) is 1.04. The summed E-state index contributed by atoms with van der Waals surface area (Å²) in [5.74, 6) is -0.538. The molecular weight excluding hydrogens is 232 g/mol. The van der Waals surface area contributed by atoms with Gasteiger partial charge < -0.3 is 5.32 Å². The van der Waals surface area contributed by atoms with Crippen molar-refractivity contribution in [3.8, 4) is 0 Å². The Balaban J connectivity index is 3.06. The van der Waals surface area contributed by atoms with Gasteiger partial charge >= 0.3 is 0 Å². The molecule has 0 aliphatic carbocycles. The molecule has 16 heavy (non-hydrogen) atoms. The molecule has 0 heterocycles. The van der Waals surface area contributed by atoms with Crippen LogP contribution in [0.1, 0.15) is 13.8 Å². The molecule has 1 aromatic rings. The molecule has 0 aliphatic rings. The number of anilines is 1. The van der Waals surface area contributed by atoms with E-state index in [4.69, 9.17) is 11.6 Å². The molecule has 1 N–H and O–H groups in total. The summed E-state index contributed by atoms with van der Waals surface area (Å²) in [6, 6.07) is 4.03. The van der Waals surface area contributed by atoms with Crippen molar-refractivity contribution in [1.29, 1.82) is 0 Å². The first-order valence-electron chi connectivity index (χ1n) is 4.66. The zero-order valence-electron chi connectivity index (χ0n) is 8.86. The number of amides is 1. The lowest BCUT2D eigenvalue weighted by atomic mass is 10.2. The number of nitrogens with one attached hydrogen (secondary N) is 1. The summed E-state index contributed by atoms with van der Waals surface area (Å²) >= 11 is 5.71. The van der Waals surface area contributed by atoms with Crippen molar-refractivity contribution in [2.24, 2.45) is 5.92 Å². The number of halogens is 1. The predicted molar refractivity (Wildman–Crippen MR) is 61.6 cm³/mol. The third-order valence-electron chi connectivity index (χ3n) is 1.94. The SMILES string of the molecule is CC(C)C(=O)Nc1cc(Cl)ccc1[N+](=O)[O-]. The Morgan fingerprint density at radius 1 is 1.50 bits per heavy atom. The van der Waals surface area contributed by atoms with Gasteiger partial charge in [-0.2, -0.15) is 0 Å². The van der Waals surface area contributed by atoms with E-state index in [1.807, 2.05) is 0 Å². The first-order valence-corrected chi connectivity index (χ1v) is 5.04. The highest BCUT2D eigenvalue weighted by molar-refractivity contribution is 6.31. The largest absolute Gasteiger partial charge is 0.320 e. The number of carbonyl (C=O) groups excluding carboxylic acids is 1. The molecule has 0 radical (unpaired) electrons. The van der Waals surface area contributed by atoms with Gasteiger partial charge in [0, 0.05) is 17.0 Å². The Morgan fingerprint density at radius 3 is 2.62 bits per heavy atom. The van der Waals surface area contributed by atoms with Crippen LogP contribution in [0.15, 0.2) is 18.2 Å². The highest BCUT2D eigenvalue weighted by atomic mass is 35.5. The maximum absolute atomic E-state index is 11.4. The van der Waals surface area contributed by atoms with Gasteiger partial charge in [-0.3, -0.25) is 14.9 Å². The topological polar surface area (TPSA) is 72.2 Å². The van der Waals surface area contributed by atoms with E-state index >= 15 is 0 Å². The van der Waals surface area contributed by atoms with E-state index in [9.17, 15) is 14.9 Å². The predicted octanol–water partition coefficient (Wildman–Crippen LogP) is 2.84. The Morgan fingerprint density at radius 2 is 2.12 bits per heavy atom. The molecule has 0 fully saturated rings. The first-order chi connectivity index (χ1) is 7.41. The fraction of sp³-hybridized carbons (Fsp3) is 0.300. The summed E-state index contributed by atoms with van der Waals surface area (Å²) in [6.45, 7) is 3.40. The van der Waals surface area contributed by atoms with Crippen molar-refractivity contribution in [3.63, 3.8) is 0 Å². The van der Waals surface area contributed by atoms with Crippen molar-refractivity contribution in [2.45, 2.75) is 13.8 Å². The number of benzene rings is 1. The van der Waals surface area contributed by atoms with Crippen molar-refractivity contribution < 1.29 is 9.72 Å². The quantitative estimate of drug-likeness (QED) is 0.654. The molecule has 86 valence electrons. The van der Waals surface area contributed by atoms with Gasteiger partial charge in [0.1, 0.15) is 5.69 Å². The second-order valence-electron chi connectivity index (χ2n) is 3.56. The number of hydrogen-bond acceptors (Lipinski definition) is 3. The fourth-order valence-corrected chi connectivity index (χ4v) is 1.22. The smallest absolute Gasteiger partial charge is 0.292 e. The number of nitro groups is 1. The molecule has 0 atom stereocenters. The molecule has 0 aromatic heterocycles. The Labute approximate surface area is 97.6 Å². The van der Waals surface area contributed by atoms with Crippen LogP contribution in [0.3, 0.4) is 0 Å². The van der Waals surface area contributed by atoms with E-state index in [0.717, 1.165) is 0 Å². The van der Waals surface area contributed by atoms with Crippen molar-refractivity contribution in [2.75, 3.05) is 5.32 Å². The number of rotatable bonds is 3. The van der Waals surface area contributed by atoms with Crippen LogP contribution < -0.4 is 5.32 Å². The summed E-state index contributed by atoms with van der Waals surface area (Å²) in [7, 11) is 0. The van der Waals surface area contributed by atoms with Crippen LogP contribution in [0.25, 0.3) is 0 Å². The van der Waals surface area contributed by atoms with Crippen LogP contribution in [0.5, 0.6) is 0 Å². The second kappa shape index (κ2) is 4.94. The molecule has 0 unspecified atom stereocenters. The van der Waals surface area contributed by atoms with E-state index in [2.05, 4.69) is 5.32 Å². The van der Waals surface area contributed by atoms with Crippen molar-refractivity contribution in [1.82, 2.24) is 0 Å². The molecule has 0 bridgehead atoms. The summed E-state index contributed by atoms with van der Waals surface area (Å²) in [5.41, 5.74) is -0.0467. The minimum atomic E-state index is -0.563. The van der Waals surface area contributed by atoms with E-state index in [1.165, 1.54) is 18.2 Å². The van der Waals surface area contributed by atoms with Crippen molar-refractivity contribution >= 4 is 28.9 Å². The molecule has 1 rings (SSSR count). The van der Waals surface area contributed by atoms with Crippen LogP contribution in [0, 0.1) is 16.0 Å². The molecule has 5 nitrogen and oxygen atoms in total. The molecular formula is C10H11ClN2O3. The van der Waals surface area contributed by atoms with Gasteiger partial charge in [-0.05, 0) is 12.1 Å². The third kappa shape index (κ3) is 2.93. The Hall–Kier alpha value is -1.62. The van der Waals surface area contributed by atoms with E-state index in [1.54, 1.807) is 13.8 Å². The van der Waals surface area contributed by atoms with Gasteiger partial charge in [0.05, 0.1) is 4.92 Å². The summed E-state index contributed by atoms with van der Waals surface area (Å²) in [4.78, 5) is 21.6. The van der Waals surface area contributed by atoms with Gasteiger partial charge in [0.25, 0.3) is 5.69 Å². The van der Waals surface area contributed by atoms with Crippen LogP contribution in [-0.4, -0.2) is 10.8 Å². The molecule has 0 spiro atoms. The average Bonchev–Trinajstić information content (AvgIpc) is 2.16. The standard InChI is InChI=1S/C10H11ClN2O3/c1-6(2)10(14)12-8-5-7(11)3-4-9(8)13(15)16/h3-6H,1-2H3,(H,12,14). The zero-order chi connectivity index (χ0) is 12.3. The highest BCUT2D eigenvalue weighted by Gasteiger charge is 2.17. The Bertz CT molecular complexity index is 432. The maximum atomic E-state index is 11.4. The summed E-state index contributed by atoms with van der Waals surface area (Å²) in [6.07, 6.45) is 0. The van der Waals surface area contributed by atoms with Gasteiger partial charge in [-0.15, -0.1) is 0 Å². The lowest BCUT2D eigenvalue weighted by Crippen LogP contribution is -2.18. The highest BCUT2D eigenvalue weighted by Crippen LogP contribution is 2.27. The average molecular weight is 243 g/mol. The lowest BCUT2D eigenvalue weighted by molar-refractivity contribution is -0.383. The number of nitrogens with zero attached hydrogens (tertiary/aromatic N) is 1. The molecule has 0 saturated heterocycles. The minimum absolute atomic E-state index is 0.121. The van der Waals surface area contributed by atoms with Gasteiger partial charge in [-0.1, -0.05) is 25.4 Å². The normalized spacial score (nSPS) is 10.2. The Kier molecular flexibility index (Phi) is 3.84. The first kappa shape index (κ1) is 12.4. The van der Waals surface area contributed by atoms with Crippen molar-refractivity contribution in [3.05, 3.63) is 33.3 Å². The number of nitro benzene ring substituents is 1. The maximum Gasteiger partial charge on any atom is 0.292 e. The van der Waals surface area contributed by atoms with E-state index in [-0.39, 0.29) is 23.2 Å².